The normalized spacial score (nSPS) is 11.5. The van der Waals surface area contributed by atoms with Crippen LogP contribution in [0.4, 0.5) is 0 Å². The summed E-state index contributed by atoms with van der Waals surface area (Å²) in [5, 5.41) is 7.65. The van der Waals surface area contributed by atoms with E-state index in [4.69, 9.17) is 0 Å². The van der Waals surface area contributed by atoms with Crippen LogP contribution in [-0.4, -0.2) is 24.2 Å². The topological polar surface area (TPSA) is 49.3 Å². The van der Waals surface area contributed by atoms with E-state index in [1.54, 1.807) is 30.1 Å². The number of thioether (sulfide) groups is 1. The Morgan fingerprint density at radius 2 is 1.95 bits per heavy atom. The zero-order valence-electron chi connectivity index (χ0n) is 12.5. The van der Waals surface area contributed by atoms with Crippen LogP contribution in [0.2, 0.25) is 0 Å². The fourth-order valence-corrected chi connectivity index (χ4v) is 2.93. The first-order valence-corrected chi connectivity index (χ1v) is 8.74. The lowest BCUT2D eigenvalue weighted by atomic mass is 10.2. The lowest BCUT2D eigenvalue weighted by Crippen LogP contribution is -2.36. The minimum Gasteiger partial charge on any atom is -0.352 e. The quantitative estimate of drug-likeness (QED) is 0.505. The van der Waals surface area contributed by atoms with E-state index >= 15 is 0 Å². The van der Waals surface area contributed by atoms with Crippen LogP contribution in [0.25, 0.3) is 0 Å². The minimum absolute atomic E-state index is 0.698. The second-order valence-electron chi connectivity index (χ2n) is 4.49. The van der Waals surface area contributed by atoms with E-state index in [1.165, 1.54) is 15.3 Å². The van der Waals surface area contributed by atoms with Crippen molar-refractivity contribution in [2.24, 2.45) is 4.99 Å². The molecule has 0 radical (unpaired) electrons. The molecule has 0 atom stereocenters. The molecule has 0 spiro atoms. The maximum atomic E-state index is 4.33. The molecular formula is C15H20N4S2. The molecule has 2 N–H and O–H groups in total. The highest BCUT2D eigenvalue weighted by Gasteiger charge is 2.02. The van der Waals surface area contributed by atoms with E-state index < -0.39 is 0 Å². The van der Waals surface area contributed by atoms with Crippen molar-refractivity contribution in [1.29, 1.82) is 0 Å². The van der Waals surface area contributed by atoms with Crippen molar-refractivity contribution >= 4 is 29.1 Å². The Morgan fingerprint density at radius 1 is 1.24 bits per heavy atom. The third kappa shape index (κ3) is 5.06. The van der Waals surface area contributed by atoms with Gasteiger partial charge in [0.15, 0.2) is 5.96 Å². The first kappa shape index (κ1) is 15.9. The second kappa shape index (κ2) is 8.05. The fourth-order valence-electron chi connectivity index (χ4n) is 1.79. The summed E-state index contributed by atoms with van der Waals surface area (Å²) in [5.41, 5.74) is 1.24. The number of hydrogen-bond donors (Lipinski definition) is 2. The van der Waals surface area contributed by atoms with Crippen molar-refractivity contribution in [1.82, 2.24) is 15.6 Å². The average molecular weight is 320 g/mol. The summed E-state index contributed by atoms with van der Waals surface area (Å²) in [7, 11) is 1.78. The molecule has 6 heteroatoms. The lowest BCUT2D eigenvalue weighted by Gasteiger charge is -2.11. The van der Waals surface area contributed by atoms with Crippen molar-refractivity contribution in [3.63, 3.8) is 0 Å². The molecule has 0 saturated heterocycles. The summed E-state index contributed by atoms with van der Waals surface area (Å²) in [6.45, 7) is 3.52. The average Bonchev–Trinajstić information content (AvgIpc) is 2.93. The van der Waals surface area contributed by atoms with Crippen LogP contribution < -0.4 is 10.6 Å². The molecule has 0 aliphatic carbocycles. The molecule has 4 nitrogen and oxygen atoms in total. The molecule has 0 bridgehead atoms. The Hall–Kier alpha value is -1.53. The minimum atomic E-state index is 0.698. The summed E-state index contributed by atoms with van der Waals surface area (Å²) in [5.74, 6) is 0.789. The van der Waals surface area contributed by atoms with Crippen molar-refractivity contribution in [3.8, 4) is 0 Å². The van der Waals surface area contributed by atoms with Crippen molar-refractivity contribution in [2.75, 3.05) is 13.3 Å². The van der Waals surface area contributed by atoms with Crippen molar-refractivity contribution in [3.05, 3.63) is 45.9 Å². The molecular weight excluding hydrogens is 300 g/mol. The zero-order valence-corrected chi connectivity index (χ0v) is 14.1. The number of aryl methyl sites for hydroxylation is 1. The maximum absolute atomic E-state index is 4.33. The molecule has 21 heavy (non-hydrogen) atoms. The second-order valence-corrected chi connectivity index (χ2v) is 6.69. The van der Waals surface area contributed by atoms with Gasteiger partial charge in [0.05, 0.1) is 6.54 Å². The van der Waals surface area contributed by atoms with Gasteiger partial charge in [-0.3, -0.25) is 4.99 Å². The van der Waals surface area contributed by atoms with Crippen LogP contribution >= 0.6 is 23.1 Å². The SMILES string of the molecule is CN=C(NCc1ccc(SC)cc1)NCc1ncc(C)s1. The molecule has 2 aromatic rings. The van der Waals surface area contributed by atoms with Gasteiger partial charge in [0.25, 0.3) is 0 Å². The van der Waals surface area contributed by atoms with E-state index in [1.807, 2.05) is 6.20 Å². The number of hydrogen-bond acceptors (Lipinski definition) is 4. The molecule has 0 aliphatic heterocycles. The van der Waals surface area contributed by atoms with Gasteiger partial charge in [-0.05, 0) is 30.9 Å². The third-order valence-corrected chi connectivity index (χ3v) is 4.58. The lowest BCUT2D eigenvalue weighted by molar-refractivity contribution is 0.804. The van der Waals surface area contributed by atoms with Crippen LogP contribution in [0.1, 0.15) is 15.4 Å². The largest absolute Gasteiger partial charge is 0.352 e. The van der Waals surface area contributed by atoms with Crippen LogP contribution in [0.3, 0.4) is 0 Å². The van der Waals surface area contributed by atoms with E-state index in [9.17, 15) is 0 Å². The number of nitrogens with one attached hydrogen (secondary N) is 2. The monoisotopic (exact) mass is 320 g/mol. The van der Waals surface area contributed by atoms with Crippen LogP contribution in [0.5, 0.6) is 0 Å². The van der Waals surface area contributed by atoms with Gasteiger partial charge >= 0.3 is 0 Å². The molecule has 1 heterocycles. The molecule has 1 aromatic carbocycles. The Kier molecular flexibility index (Phi) is 6.07. The molecule has 0 amide bonds. The van der Waals surface area contributed by atoms with Gasteiger partial charge < -0.3 is 10.6 Å². The van der Waals surface area contributed by atoms with Gasteiger partial charge in [-0.1, -0.05) is 12.1 Å². The number of thiazole rings is 1. The first-order valence-electron chi connectivity index (χ1n) is 6.70. The van der Waals surface area contributed by atoms with E-state index in [0.29, 0.717) is 6.54 Å². The summed E-state index contributed by atoms with van der Waals surface area (Å²) in [4.78, 5) is 11.1. The predicted octanol–water partition coefficient (Wildman–Crippen LogP) is 3.04. The molecule has 0 fully saturated rings. The molecule has 0 unspecified atom stereocenters. The first-order chi connectivity index (χ1) is 10.2. The van der Waals surface area contributed by atoms with Gasteiger partial charge in [0, 0.05) is 29.6 Å². The van der Waals surface area contributed by atoms with Crippen molar-refractivity contribution < 1.29 is 0 Å². The number of aliphatic imine (C=N–C) groups is 1. The van der Waals surface area contributed by atoms with Gasteiger partial charge in [-0.15, -0.1) is 23.1 Å². The number of benzene rings is 1. The molecule has 0 saturated carbocycles. The highest BCUT2D eigenvalue weighted by atomic mass is 32.2. The van der Waals surface area contributed by atoms with Gasteiger partial charge in [-0.25, -0.2) is 4.98 Å². The van der Waals surface area contributed by atoms with E-state index in [2.05, 4.69) is 58.1 Å². The Balaban J connectivity index is 1.81. The summed E-state index contributed by atoms with van der Waals surface area (Å²) in [6.07, 6.45) is 3.98. The number of aromatic nitrogens is 1. The van der Waals surface area contributed by atoms with Gasteiger partial charge in [-0.2, -0.15) is 0 Å². The zero-order chi connectivity index (χ0) is 15.1. The van der Waals surface area contributed by atoms with E-state index in [-0.39, 0.29) is 0 Å². The maximum Gasteiger partial charge on any atom is 0.191 e. The third-order valence-electron chi connectivity index (χ3n) is 2.92. The van der Waals surface area contributed by atoms with Crippen molar-refractivity contribution in [2.45, 2.75) is 24.9 Å². The molecule has 1 aromatic heterocycles. The Bertz CT molecular complexity index is 590. The van der Waals surface area contributed by atoms with E-state index in [0.717, 1.165) is 17.5 Å². The molecule has 2 rings (SSSR count). The molecule has 0 aliphatic rings. The highest BCUT2D eigenvalue weighted by Crippen LogP contribution is 2.14. The highest BCUT2D eigenvalue weighted by molar-refractivity contribution is 7.98. The standard InChI is InChI=1S/C15H20N4S2/c1-11-8-17-14(21-11)10-19-15(16-2)18-9-12-4-6-13(20-3)7-5-12/h4-8H,9-10H2,1-3H3,(H2,16,18,19). The Labute approximate surface area is 134 Å². The van der Waals surface area contributed by atoms with Crippen LogP contribution in [0, 0.1) is 6.92 Å². The Morgan fingerprint density at radius 3 is 2.52 bits per heavy atom. The fraction of sp³-hybridized carbons (Fsp3) is 0.333. The van der Waals surface area contributed by atoms with Gasteiger partial charge in [0.2, 0.25) is 0 Å². The predicted molar refractivity (Wildman–Crippen MR) is 92.1 cm³/mol. The number of nitrogens with zero attached hydrogens (tertiary/aromatic N) is 2. The van der Waals surface area contributed by atoms with Crippen LogP contribution in [-0.2, 0) is 13.1 Å². The summed E-state index contributed by atoms with van der Waals surface area (Å²) >= 11 is 3.45. The van der Waals surface area contributed by atoms with Gasteiger partial charge in [0.1, 0.15) is 5.01 Å². The summed E-state index contributed by atoms with van der Waals surface area (Å²) < 4.78 is 0. The summed E-state index contributed by atoms with van der Waals surface area (Å²) in [6, 6.07) is 8.54. The number of rotatable bonds is 5. The molecule has 112 valence electrons. The smallest absolute Gasteiger partial charge is 0.191 e. The number of guanidine groups is 1. The van der Waals surface area contributed by atoms with Crippen LogP contribution in [0.15, 0.2) is 40.4 Å².